The van der Waals surface area contributed by atoms with E-state index in [2.05, 4.69) is 69.2 Å². The van der Waals surface area contributed by atoms with Crippen molar-refractivity contribution in [3.8, 4) is 0 Å². The van der Waals surface area contributed by atoms with E-state index in [-0.39, 0.29) is 0 Å². The minimum atomic E-state index is -0.411. The minimum Gasteiger partial charge on any atom is -0.0657 e. The molecule has 0 aromatic carbocycles. The zero-order valence-electron chi connectivity index (χ0n) is 19.3. The van der Waals surface area contributed by atoms with Gasteiger partial charge in [-0.15, -0.1) is 0 Å². The summed E-state index contributed by atoms with van der Waals surface area (Å²) in [6, 6.07) is 0. The highest BCUT2D eigenvalue weighted by atomic mass is 30.1. The molecule has 0 amide bonds. The summed E-state index contributed by atoms with van der Waals surface area (Å²) in [6.45, 7) is 26.4. The summed E-state index contributed by atoms with van der Waals surface area (Å²) in [7, 11) is -2.05. The Morgan fingerprint density at radius 2 is 0.480 bits per heavy atom. The van der Waals surface area contributed by atoms with Gasteiger partial charge in [0.2, 0.25) is 0 Å². The maximum atomic E-state index is 2.75. The number of rotatable bonds is 10. The molecule has 1 aliphatic rings. The summed E-state index contributed by atoms with van der Waals surface area (Å²) in [5.41, 5.74) is 6.03. The van der Waals surface area contributed by atoms with Crippen molar-refractivity contribution >= 4 is 39.2 Å². The lowest BCUT2D eigenvalue weighted by molar-refractivity contribution is 0.843. The fraction of sp³-hybridized carbons (Fsp3) is 1.00. The van der Waals surface area contributed by atoms with Crippen molar-refractivity contribution in [1.29, 1.82) is 0 Å². The van der Waals surface area contributed by atoms with Crippen LogP contribution >= 0.6 is 0 Å². The topological polar surface area (TPSA) is 0 Å². The second-order valence-electron chi connectivity index (χ2n) is 9.81. The van der Waals surface area contributed by atoms with Crippen molar-refractivity contribution in [2.75, 3.05) is 0 Å². The molecular formula is C20H50Si5. The van der Waals surface area contributed by atoms with Gasteiger partial charge in [-0.25, -0.2) is 0 Å². The van der Waals surface area contributed by atoms with Crippen molar-refractivity contribution < 1.29 is 0 Å². The third kappa shape index (κ3) is 5.12. The van der Waals surface area contributed by atoms with Gasteiger partial charge in [-0.3, -0.25) is 0 Å². The van der Waals surface area contributed by atoms with Crippen LogP contribution in [0.15, 0.2) is 0 Å². The molecule has 5 heteroatoms. The van der Waals surface area contributed by atoms with E-state index in [4.69, 9.17) is 0 Å². The van der Waals surface area contributed by atoms with Gasteiger partial charge < -0.3 is 0 Å². The first-order valence-electron chi connectivity index (χ1n) is 11.8. The van der Waals surface area contributed by atoms with Gasteiger partial charge in [-0.2, -0.15) is 0 Å². The highest BCUT2D eigenvalue weighted by Crippen LogP contribution is 2.44. The number of hydrogen-bond donors (Lipinski definition) is 0. The van der Waals surface area contributed by atoms with Gasteiger partial charge in [0.1, 0.15) is 0 Å². The summed E-state index contributed by atoms with van der Waals surface area (Å²) < 4.78 is 0. The number of hydrogen-bond acceptors (Lipinski definition) is 0. The molecule has 150 valence electrons. The van der Waals surface area contributed by atoms with Gasteiger partial charge >= 0.3 is 0 Å². The Hall–Kier alpha value is 1.08. The molecule has 0 spiro atoms. The van der Waals surface area contributed by atoms with Crippen molar-refractivity contribution in [2.45, 2.75) is 129 Å². The zero-order valence-corrected chi connectivity index (χ0v) is 25.1. The highest BCUT2D eigenvalue weighted by Gasteiger charge is 2.58. The molecule has 25 heavy (non-hydrogen) atoms. The van der Waals surface area contributed by atoms with Crippen LogP contribution in [-0.2, 0) is 0 Å². The van der Waals surface area contributed by atoms with Crippen LogP contribution in [0, 0.1) is 0 Å². The van der Waals surface area contributed by atoms with Gasteiger partial charge in [-0.1, -0.05) is 129 Å². The fourth-order valence-corrected chi connectivity index (χ4v) is 219. The lowest BCUT2D eigenvalue weighted by atomic mass is 10.4. The second-order valence-corrected chi connectivity index (χ2v) is 55.9. The molecule has 1 rings (SSSR count). The molecule has 1 fully saturated rings. The molecule has 1 heterocycles. The first kappa shape index (κ1) is 24.1. The molecule has 1 saturated heterocycles. The summed E-state index contributed by atoms with van der Waals surface area (Å²) in [4.78, 5) is 0. The van der Waals surface area contributed by atoms with Crippen LogP contribution in [0.3, 0.4) is 0 Å². The largest absolute Gasteiger partial charge is 0.0657 e. The van der Waals surface area contributed by atoms with Gasteiger partial charge in [0.25, 0.3) is 0 Å². The summed E-state index contributed by atoms with van der Waals surface area (Å²) >= 11 is 0. The van der Waals surface area contributed by atoms with Crippen LogP contribution in [0.5, 0.6) is 0 Å². The Bertz CT molecular complexity index is 286. The average molecular weight is 431 g/mol. The third-order valence-corrected chi connectivity index (χ3v) is 115. The minimum absolute atomic E-state index is 0.411. The Balaban J connectivity index is 3.50. The van der Waals surface area contributed by atoms with Crippen LogP contribution in [0.1, 0.15) is 101 Å². The molecule has 0 bridgehead atoms. The predicted molar refractivity (Wildman–Crippen MR) is 134 cm³/mol. The fourth-order valence-electron chi connectivity index (χ4n) is 6.44. The molecule has 0 aromatic rings. The van der Waals surface area contributed by atoms with Crippen molar-refractivity contribution in [3.63, 3.8) is 0 Å². The highest BCUT2D eigenvalue weighted by molar-refractivity contribution is 7.96. The molecule has 0 nitrogen and oxygen atoms in total. The molecule has 0 saturated carbocycles. The van der Waals surface area contributed by atoms with E-state index >= 15 is 0 Å². The maximum absolute atomic E-state index is 2.75. The summed E-state index contributed by atoms with van der Waals surface area (Å²) in [6.07, 6.45) is 7.64. The molecule has 0 aliphatic carbocycles. The molecule has 5 atom stereocenters. The summed E-state index contributed by atoms with van der Waals surface area (Å²) in [5, 5.41) is 0. The van der Waals surface area contributed by atoms with E-state index < -0.39 is 39.2 Å². The normalized spacial score (nSPS) is 36.0. The monoisotopic (exact) mass is 430 g/mol. The van der Waals surface area contributed by atoms with E-state index in [9.17, 15) is 0 Å². The van der Waals surface area contributed by atoms with Gasteiger partial charge in [0, 0.05) is 39.2 Å². The van der Waals surface area contributed by atoms with E-state index in [0.29, 0.717) is 0 Å². The van der Waals surface area contributed by atoms with Gasteiger partial charge in [0.15, 0.2) is 0 Å². The van der Waals surface area contributed by atoms with E-state index in [1.807, 2.05) is 0 Å². The predicted octanol–water partition coefficient (Wildman–Crippen LogP) is 5.53. The van der Waals surface area contributed by atoms with E-state index in [1.165, 1.54) is 59.8 Å². The molecule has 1 aliphatic heterocycles. The first-order valence-corrected chi connectivity index (χ1v) is 28.5. The smallest absolute Gasteiger partial charge is 0.0183 e. The van der Waals surface area contributed by atoms with E-state index in [1.54, 1.807) is 0 Å². The van der Waals surface area contributed by atoms with Crippen molar-refractivity contribution in [1.82, 2.24) is 0 Å². The lowest BCUT2D eigenvalue weighted by Crippen LogP contribution is -2.52. The van der Waals surface area contributed by atoms with Gasteiger partial charge in [0.05, 0.1) is 0 Å². The second kappa shape index (κ2) is 11.2. The Labute approximate surface area is 167 Å². The molecule has 5 unspecified atom stereocenters. The van der Waals surface area contributed by atoms with Crippen LogP contribution in [0.4, 0.5) is 0 Å². The molecule has 0 N–H and O–H groups in total. The van der Waals surface area contributed by atoms with Gasteiger partial charge in [-0.05, 0) is 0 Å². The SMILES string of the molecule is CCC(C)[SiH]1[SiH](C(C)CC)[SiH](C(C)CC)[SiH](C(C)CC)[SiH]1C(C)CC. The standard InChI is InChI=1S/C20H50Si5/c1-11-16(6)21-22(17(7)12-2)24(19(9)14-4)25(20(10)15-5)23(21)18(8)13-3/h16-25H,11-15H2,1-10H3. The lowest BCUT2D eigenvalue weighted by Gasteiger charge is -2.35. The first-order chi connectivity index (χ1) is 11.8. The molecule has 0 radical (unpaired) electrons. The quantitative estimate of drug-likeness (QED) is 0.400. The van der Waals surface area contributed by atoms with Crippen LogP contribution in [-0.4, -0.2) is 39.2 Å². The van der Waals surface area contributed by atoms with E-state index in [0.717, 1.165) is 0 Å². The average Bonchev–Trinajstić information content (AvgIpc) is 3.00. The maximum Gasteiger partial charge on any atom is 0.0183 e. The van der Waals surface area contributed by atoms with Crippen molar-refractivity contribution in [2.24, 2.45) is 0 Å². The van der Waals surface area contributed by atoms with Crippen LogP contribution in [0.2, 0.25) is 27.7 Å². The van der Waals surface area contributed by atoms with Crippen molar-refractivity contribution in [3.05, 3.63) is 0 Å². The zero-order chi connectivity index (χ0) is 19.3. The molecular weight excluding hydrogens is 381 g/mol. The molecule has 0 aromatic heterocycles. The van der Waals surface area contributed by atoms with Crippen LogP contribution < -0.4 is 0 Å². The summed E-state index contributed by atoms with van der Waals surface area (Å²) in [5.74, 6) is 0. The van der Waals surface area contributed by atoms with Crippen LogP contribution in [0.25, 0.3) is 0 Å². The Morgan fingerprint density at radius 3 is 0.560 bits per heavy atom. The Morgan fingerprint density at radius 1 is 0.360 bits per heavy atom. The Kier molecular flexibility index (Phi) is 10.8. The third-order valence-electron chi connectivity index (χ3n) is 8.73.